The van der Waals surface area contributed by atoms with E-state index in [9.17, 15) is 8.42 Å². The van der Waals surface area contributed by atoms with Crippen molar-refractivity contribution in [2.24, 2.45) is 0 Å². The quantitative estimate of drug-likeness (QED) is 0.711. The van der Waals surface area contributed by atoms with Crippen LogP contribution in [-0.4, -0.2) is 35.9 Å². The third-order valence-corrected chi connectivity index (χ3v) is 4.86. The van der Waals surface area contributed by atoms with Gasteiger partial charge < -0.3 is 0 Å². The summed E-state index contributed by atoms with van der Waals surface area (Å²) in [7, 11) is -3.03. The minimum Gasteiger partial charge on any atom is -0.212 e. The normalized spacial score (nSPS) is 18.5. The summed E-state index contributed by atoms with van der Waals surface area (Å²) in [5.41, 5.74) is 0. The van der Waals surface area contributed by atoms with Gasteiger partial charge in [0.15, 0.2) is 0 Å². The Kier molecular flexibility index (Phi) is 3.77. The van der Waals surface area contributed by atoms with Crippen LogP contribution in [0.1, 0.15) is 26.7 Å². The van der Waals surface area contributed by atoms with Crippen LogP contribution in [0, 0.1) is 0 Å². The lowest BCUT2D eigenvalue weighted by molar-refractivity contribution is 0.418. The second-order valence-corrected chi connectivity index (χ2v) is 6.86. The van der Waals surface area contributed by atoms with Gasteiger partial charge in [0, 0.05) is 17.9 Å². The number of nitrogens with zero attached hydrogens (tertiary/aromatic N) is 1. The van der Waals surface area contributed by atoms with Crippen molar-refractivity contribution in [3.63, 3.8) is 0 Å². The van der Waals surface area contributed by atoms with Crippen molar-refractivity contribution in [2.45, 2.75) is 38.0 Å². The monoisotopic (exact) mass is 269 g/mol. The smallest absolute Gasteiger partial charge is 0.212 e. The zero-order chi connectivity index (χ0) is 10.1. The number of hydrogen-bond acceptors (Lipinski definition) is 2. The molecule has 0 aromatic carbocycles. The Balaban J connectivity index is 2.73. The van der Waals surface area contributed by atoms with Gasteiger partial charge >= 0.3 is 0 Å². The molecule has 0 N–H and O–H groups in total. The summed E-state index contributed by atoms with van der Waals surface area (Å²) >= 11 is 3.28. The number of halogens is 1. The van der Waals surface area contributed by atoms with E-state index in [4.69, 9.17) is 0 Å². The van der Waals surface area contributed by atoms with E-state index >= 15 is 0 Å². The second-order valence-electron chi connectivity index (χ2n) is 3.62. The third kappa shape index (κ3) is 2.67. The van der Waals surface area contributed by atoms with Gasteiger partial charge in [-0.05, 0) is 26.7 Å². The predicted molar refractivity (Wildman–Crippen MR) is 57.6 cm³/mol. The zero-order valence-electron chi connectivity index (χ0n) is 8.03. The molecular weight excluding hydrogens is 254 g/mol. The highest BCUT2D eigenvalue weighted by atomic mass is 79.9. The van der Waals surface area contributed by atoms with Crippen LogP contribution in [0.5, 0.6) is 0 Å². The fourth-order valence-electron chi connectivity index (χ4n) is 1.23. The van der Waals surface area contributed by atoms with Gasteiger partial charge in [-0.3, -0.25) is 0 Å². The van der Waals surface area contributed by atoms with Crippen LogP contribution in [0.25, 0.3) is 0 Å². The van der Waals surface area contributed by atoms with E-state index in [1.54, 1.807) is 18.2 Å². The molecule has 0 unspecified atom stereocenters. The molecule has 1 aliphatic rings. The number of hydrogen-bond donors (Lipinski definition) is 0. The summed E-state index contributed by atoms with van der Waals surface area (Å²) in [4.78, 5) is 0. The van der Waals surface area contributed by atoms with Crippen molar-refractivity contribution in [3.8, 4) is 0 Å². The molecule has 1 rings (SSSR count). The van der Waals surface area contributed by atoms with Crippen LogP contribution in [0.2, 0.25) is 0 Å². The number of alkyl halides is 1. The maximum absolute atomic E-state index is 11.8. The van der Waals surface area contributed by atoms with Crippen molar-refractivity contribution in [1.29, 1.82) is 0 Å². The highest BCUT2D eigenvalue weighted by molar-refractivity contribution is 9.09. The minimum atomic E-state index is -3.03. The zero-order valence-corrected chi connectivity index (χ0v) is 10.4. The van der Waals surface area contributed by atoms with Crippen molar-refractivity contribution in [1.82, 2.24) is 4.31 Å². The first-order valence-electron chi connectivity index (χ1n) is 4.56. The van der Waals surface area contributed by atoms with Crippen LogP contribution < -0.4 is 0 Å². The Bertz CT molecular complexity index is 259. The molecule has 0 saturated heterocycles. The van der Waals surface area contributed by atoms with Gasteiger partial charge in [-0.15, -0.1) is 0 Å². The first-order chi connectivity index (χ1) is 6.00. The van der Waals surface area contributed by atoms with Gasteiger partial charge in [-0.1, -0.05) is 15.9 Å². The number of sulfonamides is 1. The van der Waals surface area contributed by atoms with E-state index in [1.807, 2.05) is 0 Å². The Labute approximate surface area is 88.7 Å². The molecule has 0 aromatic heterocycles. The summed E-state index contributed by atoms with van der Waals surface area (Å²) in [5.74, 6) is 0. The summed E-state index contributed by atoms with van der Waals surface area (Å²) in [5, 5.41) is 0.419. The average molecular weight is 270 g/mol. The first-order valence-corrected chi connectivity index (χ1v) is 7.19. The predicted octanol–water partition coefficient (Wildman–Crippen LogP) is 1.58. The summed E-state index contributed by atoms with van der Waals surface area (Å²) in [6, 6.07) is 0.282. The molecule has 5 heteroatoms. The maximum Gasteiger partial charge on any atom is 0.216 e. The van der Waals surface area contributed by atoms with Crippen LogP contribution in [0.3, 0.4) is 0 Å². The van der Waals surface area contributed by atoms with Gasteiger partial charge in [-0.25, -0.2) is 8.42 Å². The maximum atomic E-state index is 11.8. The lowest BCUT2D eigenvalue weighted by atomic mass is 10.6. The van der Waals surface area contributed by atoms with Crippen molar-refractivity contribution < 1.29 is 8.42 Å². The molecule has 1 aliphatic carbocycles. The standard InChI is InChI=1S/C8H16BrNO2S/c1-7(2)13(11,12)10(6-5-9)8-3-4-8/h7-8H,3-6H2,1-2H3. The molecule has 0 aromatic rings. The topological polar surface area (TPSA) is 37.4 Å². The van der Waals surface area contributed by atoms with E-state index in [2.05, 4.69) is 15.9 Å². The Hall–Kier alpha value is 0.390. The van der Waals surface area contributed by atoms with Gasteiger partial charge in [0.1, 0.15) is 0 Å². The second kappa shape index (κ2) is 4.28. The Morgan fingerprint density at radius 2 is 2.00 bits per heavy atom. The SMILES string of the molecule is CC(C)S(=O)(=O)N(CCBr)C1CC1. The Morgan fingerprint density at radius 3 is 2.31 bits per heavy atom. The fourth-order valence-corrected chi connectivity index (χ4v) is 3.36. The van der Waals surface area contributed by atoms with E-state index in [0.717, 1.165) is 18.2 Å². The summed E-state index contributed by atoms with van der Waals surface area (Å²) < 4.78 is 25.3. The molecule has 1 fully saturated rings. The van der Waals surface area contributed by atoms with Crippen molar-refractivity contribution >= 4 is 26.0 Å². The molecule has 0 amide bonds. The lowest BCUT2D eigenvalue weighted by Crippen LogP contribution is -2.39. The average Bonchev–Trinajstić information content (AvgIpc) is 2.82. The van der Waals surface area contributed by atoms with Crippen LogP contribution in [0.15, 0.2) is 0 Å². The van der Waals surface area contributed by atoms with Gasteiger partial charge in [0.2, 0.25) is 10.0 Å². The van der Waals surface area contributed by atoms with Gasteiger partial charge in [-0.2, -0.15) is 4.31 Å². The molecule has 1 saturated carbocycles. The molecule has 78 valence electrons. The van der Waals surface area contributed by atoms with E-state index < -0.39 is 10.0 Å². The number of rotatable bonds is 5. The molecule has 0 heterocycles. The highest BCUT2D eigenvalue weighted by Crippen LogP contribution is 2.30. The van der Waals surface area contributed by atoms with E-state index in [1.165, 1.54) is 0 Å². The minimum absolute atomic E-state index is 0.282. The molecule has 0 spiro atoms. The van der Waals surface area contributed by atoms with Gasteiger partial charge in [0.05, 0.1) is 5.25 Å². The summed E-state index contributed by atoms with van der Waals surface area (Å²) in [6.45, 7) is 4.07. The largest absolute Gasteiger partial charge is 0.216 e. The van der Waals surface area contributed by atoms with E-state index in [-0.39, 0.29) is 11.3 Å². The molecule has 3 nitrogen and oxygen atoms in total. The van der Waals surface area contributed by atoms with E-state index in [0.29, 0.717) is 6.54 Å². The first kappa shape index (κ1) is 11.5. The fraction of sp³-hybridized carbons (Fsp3) is 1.00. The molecule has 0 atom stereocenters. The van der Waals surface area contributed by atoms with Crippen LogP contribution in [0.4, 0.5) is 0 Å². The molecule has 0 aliphatic heterocycles. The van der Waals surface area contributed by atoms with Crippen molar-refractivity contribution in [2.75, 3.05) is 11.9 Å². The van der Waals surface area contributed by atoms with Crippen molar-refractivity contribution in [3.05, 3.63) is 0 Å². The Morgan fingerprint density at radius 1 is 1.46 bits per heavy atom. The highest BCUT2D eigenvalue weighted by Gasteiger charge is 2.37. The molecule has 0 bridgehead atoms. The molecule has 13 heavy (non-hydrogen) atoms. The molecular formula is C8H16BrNO2S. The van der Waals surface area contributed by atoms with Gasteiger partial charge in [0.25, 0.3) is 0 Å². The molecule has 0 radical (unpaired) electrons. The third-order valence-electron chi connectivity index (χ3n) is 2.18. The van der Waals surface area contributed by atoms with Crippen LogP contribution >= 0.6 is 15.9 Å². The lowest BCUT2D eigenvalue weighted by Gasteiger charge is -2.22. The summed E-state index contributed by atoms with van der Waals surface area (Å²) in [6.07, 6.45) is 2.05. The van der Waals surface area contributed by atoms with Crippen LogP contribution in [-0.2, 0) is 10.0 Å².